The van der Waals surface area contributed by atoms with Gasteiger partial charge in [-0.15, -0.1) is 0 Å². The van der Waals surface area contributed by atoms with Crippen LogP contribution < -0.4 is 21.3 Å². The van der Waals surface area contributed by atoms with E-state index in [2.05, 4.69) is 31.5 Å². The fourth-order valence-electron chi connectivity index (χ4n) is 3.73. The van der Waals surface area contributed by atoms with Gasteiger partial charge >= 0.3 is 6.03 Å². The molecule has 2 rings (SSSR count). The molecule has 0 aliphatic carbocycles. The first-order chi connectivity index (χ1) is 17.5. The monoisotopic (exact) mass is 541 g/mol. The van der Waals surface area contributed by atoms with Crippen molar-refractivity contribution in [3.8, 4) is 0 Å². The van der Waals surface area contributed by atoms with Crippen molar-refractivity contribution in [3.63, 3.8) is 0 Å². The van der Waals surface area contributed by atoms with Gasteiger partial charge in [-0.3, -0.25) is 14.4 Å². The molecule has 0 fully saturated rings. The summed E-state index contributed by atoms with van der Waals surface area (Å²) >= 11 is 6.12. The van der Waals surface area contributed by atoms with Gasteiger partial charge in [0.2, 0.25) is 11.7 Å². The summed E-state index contributed by atoms with van der Waals surface area (Å²) in [6, 6.07) is 13.1. The Hall–Kier alpha value is -3.17. The van der Waals surface area contributed by atoms with Gasteiger partial charge in [-0.2, -0.15) is 0 Å². The molecule has 4 N–H and O–H groups in total. The van der Waals surface area contributed by atoms with Crippen molar-refractivity contribution in [2.45, 2.75) is 64.8 Å². The van der Waals surface area contributed by atoms with E-state index < -0.39 is 34.8 Å². The summed E-state index contributed by atoms with van der Waals surface area (Å²) in [5, 5.41) is 9.71. The summed E-state index contributed by atoms with van der Waals surface area (Å²) in [5.41, 5.74) is 2.50. The van der Waals surface area contributed by atoms with Crippen LogP contribution in [-0.4, -0.2) is 45.1 Å². The molecule has 0 aromatic heterocycles. The molecule has 2 aromatic rings. The lowest BCUT2D eigenvalue weighted by molar-refractivity contribution is -0.140. The lowest BCUT2D eigenvalue weighted by Crippen LogP contribution is -2.64. The minimum atomic E-state index is -1.49. The second-order valence-electron chi connectivity index (χ2n) is 9.30. The summed E-state index contributed by atoms with van der Waals surface area (Å²) in [6.07, 6.45) is 0.442. The zero-order chi connectivity index (χ0) is 27.6. The molecule has 2 atom stereocenters. The Kier molecular flexibility index (Phi) is 11.3. The van der Waals surface area contributed by atoms with Crippen LogP contribution in [-0.2, 0) is 27.5 Å². The van der Waals surface area contributed by atoms with Gasteiger partial charge < -0.3 is 21.3 Å². The smallest absolute Gasteiger partial charge is 0.315 e. The van der Waals surface area contributed by atoms with E-state index in [9.17, 15) is 19.2 Å². The van der Waals surface area contributed by atoms with Crippen LogP contribution >= 0.6 is 11.6 Å². The van der Waals surface area contributed by atoms with Crippen LogP contribution in [0.5, 0.6) is 0 Å². The zero-order valence-electron chi connectivity index (χ0n) is 21.6. The van der Waals surface area contributed by atoms with Crippen molar-refractivity contribution in [3.05, 3.63) is 70.2 Å². The van der Waals surface area contributed by atoms with Crippen LogP contribution in [0.25, 0.3) is 0 Å². The van der Waals surface area contributed by atoms with Crippen LogP contribution in [0.4, 0.5) is 4.79 Å². The average molecular weight is 542 g/mol. The highest BCUT2D eigenvalue weighted by atomic mass is 35.5. The number of ketones is 1. The first kappa shape index (κ1) is 30.1. The Labute approximate surface area is 226 Å². The summed E-state index contributed by atoms with van der Waals surface area (Å²) in [5.74, 6) is -2.18. The van der Waals surface area contributed by atoms with Gasteiger partial charge in [-0.1, -0.05) is 74.8 Å². The van der Waals surface area contributed by atoms with Gasteiger partial charge in [-0.05, 0) is 48.4 Å². The number of hydrogen-bond acceptors (Lipinski definition) is 4. The molecule has 0 saturated carbocycles. The van der Waals surface area contributed by atoms with Gasteiger partial charge in [0.05, 0.1) is 16.3 Å². The predicted molar refractivity (Wildman–Crippen MR) is 145 cm³/mol. The fourth-order valence-corrected chi connectivity index (χ4v) is 4.52. The Morgan fingerprint density at radius 2 is 1.65 bits per heavy atom. The number of hydrogen-bond donors (Lipinski definition) is 4. The molecule has 4 amide bonds. The van der Waals surface area contributed by atoms with Gasteiger partial charge in [0.15, 0.2) is 0 Å². The van der Waals surface area contributed by atoms with E-state index in [1.807, 2.05) is 57.2 Å². The quantitative estimate of drug-likeness (QED) is 0.244. The highest BCUT2D eigenvalue weighted by molar-refractivity contribution is 6.39. The third kappa shape index (κ3) is 9.01. The van der Waals surface area contributed by atoms with Gasteiger partial charge in [0, 0.05) is 18.1 Å². The molecular formula is C27H34ClN4O4Si. The third-order valence-corrected chi connectivity index (χ3v) is 6.76. The number of rotatable bonds is 12. The number of amides is 4. The number of nitrogens with one attached hydrogen (secondary N) is 4. The lowest BCUT2D eigenvalue weighted by atomic mass is 10.0. The van der Waals surface area contributed by atoms with E-state index in [-0.39, 0.29) is 31.8 Å². The Morgan fingerprint density at radius 1 is 0.973 bits per heavy atom. The maximum Gasteiger partial charge on any atom is 0.315 e. The maximum absolute atomic E-state index is 13.3. The van der Waals surface area contributed by atoms with Gasteiger partial charge in [-0.25, -0.2) is 4.79 Å². The molecule has 0 spiro atoms. The summed E-state index contributed by atoms with van der Waals surface area (Å²) in [4.78, 5) is 51.3. The SMILES string of the molecule is CCC(NC(=O)[C@@]([Si])(CC(C)C)NC(=O)NCc1ccccc1)C(=O)C(=O)NCc1cccc(Cl)c1C. The largest absolute Gasteiger partial charge is 0.345 e. The molecular weight excluding hydrogens is 508 g/mol. The van der Waals surface area contributed by atoms with Crippen LogP contribution in [0.3, 0.4) is 0 Å². The normalized spacial score (nSPS) is 13.3. The maximum atomic E-state index is 13.3. The van der Waals surface area contributed by atoms with Gasteiger partial charge in [0.25, 0.3) is 5.91 Å². The first-order valence-electron chi connectivity index (χ1n) is 12.2. The second kappa shape index (κ2) is 13.9. The third-order valence-electron chi connectivity index (χ3n) is 5.80. The Morgan fingerprint density at radius 3 is 2.27 bits per heavy atom. The summed E-state index contributed by atoms with van der Waals surface area (Å²) in [7, 11) is 3.46. The van der Waals surface area contributed by atoms with Crippen LogP contribution in [0.1, 0.15) is 50.3 Å². The molecule has 37 heavy (non-hydrogen) atoms. The highest BCUT2D eigenvalue weighted by Gasteiger charge is 2.38. The predicted octanol–water partition coefficient (Wildman–Crippen LogP) is 3.14. The molecule has 2 aromatic carbocycles. The van der Waals surface area contributed by atoms with Crippen molar-refractivity contribution in [2.24, 2.45) is 5.92 Å². The van der Waals surface area contributed by atoms with Crippen molar-refractivity contribution >= 4 is 45.5 Å². The molecule has 0 aliphatic heterocycles. The van der Waals surface area contributed by atoms with Crippen LogP contribution in [0.15, 0.2) is 48.5 Å². The number of carbonyl (C=O) groups excluding carboxylic acids is 4. The minimum absolute atomic E-state index is 0.0256. The number of urea groups is 1. The minimum Gasteiger partial charge on any atom is -0.345 e. The van der Waals surface area contributed by atoms with Crippen molar-refractivity contribution in [2.75, 3.05) is 0 Å². The Bertz CT molecular complexity index is 1110. The van der Waals surface area contributed by atoms with E-state index in [0.717, 1.165) is 16.7 Å². The van der Waals surface area contributed by atoms with E-state index in [4.69, 9.17) is 11.6 Å². The number of benzene rings is 2. The topological polar surface area (TPSA) is 116 Å². The molecule has 0 saturated heterocycles. The van der Waals surface area contributed by atoms with Crippen LogP contribution in [0.2, 0.25) is 5.02 Å². The first-order valence-corrected chi connectivity index (χ1v) is 13.1. The molecule has 0 bridgehead atoms. The highest BCUT2D eigenvalue weighted by Crippen LogP contribution is 2.18. The number of carbonyl (C=O) groups is 4. The molecule has 0 heterocycles. The van der Waals surface area contributed by atoms with Gasteiger partial charge in [0.1, 0.15) is 5.16 Å². The van der Waals surface area contributed by atoms with E-state index >= 15 is 0 Å². The van der Waals surface area contributed by atoms with Crippen molar-refractivity contribution < 1.29 is 19.2 Å². The zero-order valence-corrected chi connectivity index (χ0v) is 23.4. The van der Waals surface area contributed by atoms with Crippen molar-refractivity contribution in [1.29, 1.82) is 0 Å². The molecule has 8 nitrogen and oxygen atoms in total. The van der Waals surface area contributed by atoms with E-state index in [0.29, 0.717) is 5.02 Å². The lowest BCUT2D eigenvalue weighted by Gasteiger charge is -2.32. The number of Topliss-reactive ketones (excluding diaryl/α,β-unsaturated/α-hetero) is 1. The standard InChI is InChI=1S/C27H34ClN4O4Si/c1-5-22(23(33)24(34)29-16-20-12-9-13-21(28)18(20)4)31-25(35)27(37,14-17(2)3)32-26(36)30-15-19-10-7-6-8-11-19/h6-13,17,22H,5,14-16H2,1-4H3,(H,29,34)(H,31,35)(H2,30,32,36)/t22?,27-/m0/s1. The van der Waals surface area contributed by atoms with E-state index in [1.54, 1.807) is 19.1 Å². The van der Waals surface area contributed by atoms with E-state index in [1.165, 1.54) is 0 Å². The molecule has 197 valence electrons. The molecule has 10 heteroatoms. The van der Waals surface area contributed by atoms with Crippen LogP contribution in [0, 0.1) is 12.8 Å². The number of halogens is 1. The summed E-state index contributed by atoms with van der Waals surface area (Å²) in [6.45, 7) is 7.72. The summed E-state index contributed by atoms with van der Waals surface area (Å²) < 4.78 is 0. The fraction of sp³-hybridized carbons (Fsp3) is 0.407. The molecule has 0 aliphatic rings. The Balaban J connectivity index is 2.03. The van der Waals surface area contributed by atoms with Crippen molar-refractivity contribution in [1.82, 2.24) is 21.3 Å². The molecule has 3 radical (unpaired) electrons. The second-order valence-corrected chi connectivity index (χ2v) is 10.6. The molecule has 1 unspecified atom stereocenters. The average Bonchev–Trinajstić information content (AvgIpc) is 2.86.